The van der Waals surface area contributed by atoms with E-state index in [2.05, 4.69) is 25.6 Å². The summed E-state index contributed by atoms with van der Waals surface area (Å²) in [6.45, 7) is 0. The van der Waals surface area contributed by atoms with Crippen molar-refractivity contribution < 1.29 is 9.59 Å². The molecule has 29 heavy (non-hydrogen) atoms. The highest BCUT2D eigenvalue weighted by Crippen LogP contribution is 2.27. The second kappa shape index (κ2) is 8.05. The maximum atomic E-state index is 11.5. The van der Waals surface area contributed by atoms with Gasteiger partial charge < -0.3 is 15.5 Å². The molecule has 2 aromatic heterocycles. The Hall–Kier alpha value is -3.81. The fraction of sp³-hybridized carbons (Fsp3) is 0.190. The molecule has 0 unspecified atom stereocenters. The van der Waals surface area contributed by atoms with Gasteiger partial charge >= 0.3 is 0 Å². The van der Waals surface area contributed by atoms with Crippen LogP contribution in [0.25, 0.3) is 0 Å². The summed E-state index contributed by atoms with van der Waals surface area (Å²) in [5.41, 5.74) is 4.50. The summed E-state index contributed by atoms with van der Waals surface area (Å²) in [5.74, 6) is 1.15. The summed E-state index contributed by atoms with van der Waals surface area (Å²) in [6, 6.07) is 11.4. The van der Waals surface area contributed by atoms with E-state index in [9.17, 15) is 9.59 Å². The molecule has 0 saturated heterocycles. The number of aromatic nitrogens is 3. The number of pyridine rings is 1. The van der Waals surface area contributed by atoms with Crippen molar-refractivity contribution in [2.75, 3.05) is 22.6 Å². The van der Waals surface area contributed by atoms with Crippen LogP contribution >= 0.6 is 0 Å². The van der Waals surface area contributed by atoms with Crippen LogP contribution in [-0.4, -0.2) is 34.3 Å². The molecule has 1 aliphatic heterocycles. The first-order chi connectivity index (χ1) is 14.1. The van der Waals surface area contributed by atoms with E-state index in [1.165, 1.54) is 4.90 Å². The second-order valence-electron chi connectivity index (χ2n) is 6.80. The van der Waals surface area contributed by atoms with E-state index in [1.807, 2.05) is 36.4 Å². The number of carbonyl (C=O) groups is 2. The van der Waals surface area contributed by atoms with Crippen LogP contribution in [0.1, 0.15) is 16.8 Å². The molecular weight excluding hydrogens is 368 g/mol. The third-order valence-corrected chi connectivity index (χ3v) is 4.71. The lowest BCUT2D eigenvalue weighted by molar-refractivity contribution is -0.115. The Kier molecular flexibility index (Phi) is 5.15. The molecule has 2 N–H and O–H groups in total. The maximum absolute atomic E-state index is 11.5. The average Bonchev–Trinajstić information content (AvgIpc) is 3.11. The molecule has 146 valence electrons. The number of nitrogens with one attached hydrogen (secondary N) is 2. The van der Waals surface area contributed by atoms with Gasteiger partial charge in [-0.1, -0.05) is 6.07 Å². The van der Waals surface area contributed by atoms with E-state index < -0.39 is 0 Å². The van der Waals surface area contributed by atoms with Crippen LogP contribution in [-0.2, 0) is 28.9 Å². The van der Waals surface area contributed by atoms with Gasteiger partial charge in [-0.2, -0.15) is 0 Å². The largest absolute Gasteiger partial charge is 0.326 e. The number of rotatable bonds is 7. The van der Waals surface area contributed by atoms with E-state index in [4.69, 9.17) is 0 Å². The fourth-order valence-corrected chi connectivity index (χ4v) is 3.29. The Morgan fingerprint density at radius 2 is 2.07 bits per heavy atom. The molecule has 1 aromatic carbocycles. The van der Waals surface area contributed by atoms with Gasteiger partial charge in [0.1, 0.15) is 5.82 Å². The van der Waals surface area contributed by atoms with Crippen molar-refractivity contribution in [3.8, 4) is 0 Å². The van der Waals surface area contributed by atoms with Gasteiger partial charge in [0.25, 0.3) is 0 Å². The molecule has 4 rings (SSSR count). The molecule has 0 fully saturated rings. The van der Waals surface area contributed by atoms with E-state index in [0.717, 1.165) is 34.6 Å². The number of anilines is 4. The van der Waals surface area contributed by atoms with Crippen LogP contribution in [0, 0.1) is 0 Å². The minimum absolute atomic E-state index is 0.00499. The van der Waals surface area contributed by atoms with Crippen LogP contribution < -0.4 is 15.5 Å². The predicted octanol–water partition coefficient (Wildman–Crippen LogP) is 2.49. The number of nitrogens with zero attached hydrogens (tertiary/aromatic N) is 4. The van der Waals surface area contributed by atoms with Crippen molar-refractivity contribution in [1.29, 1.82) is 0 Å². The first kappa shape index (κ1) is 18.5. The van der Waals surface area contributed by atoms with Gasteiger partial charge in [0, 0.05) is 36.5 Å². The van der Waals surface area contributed by atoms with Crippen molar-refractivity contribution >= 4 is 35.5 Å². The molecule has 2 amide bonds. The quantitative estimate of drug-likeness (QED) is 0.603. The smallest absolute Gasteiger partial charge is 0.228 e. The van der Waals surface area contributed by atoms with Crippen molar-refractivity contribution in [2.45, 2.75) is 19.3 Å². The van der Waals surface area contributed by atoms with E-state index in [0.29, 0.717) is 31.0 Å². The molecule has 3 heterocycles. The lowest BCUT2D eigenvalue weighted by Crippen LogP contribution is -2.17. The molecule has 0 saturated carbocycles. The summed E-state index contributed by atoms with van der Waals surface area (Å²) in [4.78, 5) is 37.2. The number of amides is 2. The Balaban J connectivity index is 1.46. The highest BCUT2D eigenvalue weighted by molar-refractivity contribution is 5.99. The average molecular weight is 388 g/mol. The maximum Gasteiger partial charge on any atom is 0.228 e. The highest BCUT2D eigenvalue weighted by atomic mass is 16.2. The first-order valence-corrected chi connectivity index (χ1v) is 9.26. The Morgan fingerprint density at radius 3 is 2.93 bits per heavy atom. The van der Waals surface area contributed by atoms with Crippen molar-refractivity contribution in [2.24, 2.45) is 0 Å². The van der Waals surface area contributed by atoms with Gasteiger partial charge in [0.05, 0.1) is 6.42 Å². The Labute approximate surface area is 168 Å². The zero-order valence-corrected chi connectivity index (χ0v) is 15.9. The molecule has 0 atom stereocenters. The fourth-order valence-electron chi connectivity index (χ4n) is 3.29. The second-order valence-corrected chi connectivity index (χ2v) is 6.80. The number of aryl methyl sites for hydroxylation is 2. The Bertz CT molecular complexity index is 1070. The van der Waals surface area contributed by atoms with Gasteiger partial charge in [-0.05, 0) is 54.3 Å². The van der Waals surface area contributed by atoms with Gasteiger partial charge in [-0.15, -0.1) is 0 Å². The van der Waals surface area contributed by atoms with Crippen molar-refractivity contribution in [1.82, 2.24) is 15.0 Å². The number of fused-ring (bicyclic) bond motifs is 1. The Morgan fingerprint density at radius 1 is 1.17 bits per heavy atom. The normalized spacial score (nSPS) is 12.2. The lowest BCUT2D eigenvalue weighted by atomic mass is 10.1. The predicted molar refractivity (Wildman–Crippen MR) is 110 cm³/mol. The summed E-state index contributed by atoms with van der Waals surface area (Å²) in [5, 5.41) is 6.02. The molecule has 0 aliphatic carbocycles. The first-order valence-electron chi connectivity index (χ1n) is 9.26. The molecule has 8 nitrogen and oxygen atoms in total. The highest BCUT2D eigenvalue weighted by Gasteiger charge is 2.17. The van der Waals surface area contributed by atoms with Crippen molar-refractivity contribution in [3.05, 3.63) is 65.6 Å². The van der Waals surface area contributed by atoms with Gasteiger partial charge in [0.15, 0.2) is 0 Å². The van der Waals surface area contributed by atoms with Crippen LogP contribution in [0.2, 0.25) is 0 Å². The summed E-state index contributed by atoms with van der Waals surface area (Å²) < 4.78 is 0. The zero-order valence-electron chi connectivity index (χ0n) is 15.9. The molecule has 3 aromatic rings. The van der Waals surface area contributed by atoms with Crippen molar-refractivity contribution in [3.63, 3.8) is 0 Å². The molecule has 0 spiro atoms. The molecule has 0 bridgehead atoms. The summed E-state index contributed by atoms with van der Waals surface area (Å²) >= 11 is 0. The molecule has 8 heteroatoms. The van der Waals surface area contributed by atoms with Gasteiger partial charge in [0.2, 0.25) is 18.3 Å². The molecular formula is C21H20N6O2. The van der Waals surface area contributed by atoms with Crippen LogP contribution in [0.15, 0.2) is 48.8 Å². The van der Waals surface area contributed by atoms with E-state index in [1.54, 1.807) is 19.4 Å². The third kappa shape index (κ3) is 4.21. The standard InChI is InChI=1S/C21H20N6O2/c1-27(13-28)20-14(3-2-9-22-20)4-5-16-8-10-23-21(24-16)25-17-6-7-18-15(11-17)12-19(29)26-18/h2-3,6-11,13H,4-5,12H2,1H3,(H,26,29)(H,23,24,25). The number of hydrogen-bond donors (Lipinski definition) is 2. The summed E-state index contributed by atoms with van der Waals surface area (Å²) in [6.07, 6.45) is 5.90. The van der Waals surface area contributed by atoms with E-state index >= 15 is 0 Å². The summed E-state index contributed by atoms with van der Waals surface area (Å²) in [7, 11) is 1.69. The topological polar surface area (TPSA) is 100 Å². The number of benzene rings is 1. The van der Waals surface area contributed by atoms with Gasteiger partial charge in [-0.3, -0.25) is 9.59 Å². The minimum Gasteiger partial charge on any atom is -0.326 e. The lowest BCUT2D eigenvalue weighted by Gasteiger charge is -2.14. The van der Waals surface area contributed by atoms with Crippen LogP contribution in [0.3, 0.4) is 0 Å². The minimum atomic E-state index is 0.00499. The van der Waals surface area contributed by atoms with E-state index in [-0.39, 0.29) is 5.91 Å². The molecule has 1 aliphatic rings. The third-order valence-electron chi connectivity index (χ3n) is 4.71. The van der Waals surface area contributed by atoms with Gasteiger partial charge in [-0.25, -0.2) is 15.0 Å². The number of carbonyl (C=O) groups excluding carboxylic acids is 2. The molecule has 0 radical (unpaired) electrons. The van der Waals surface area contributed by atoms with Crippen LogP contribution in [0.5, 0.6) is 0 Å². The zero-order chi connectivity index (χ0) is 20.2. The number of hydrogen-bond acceptors (Lipinski definition) is 6. The monoisotopic (exact) mass is 388 g/mol. The van der Waals surface area contributed by atoms with Crippen LogP contribution in [0.4, 0.5) is 23.1 Å². The SMILES string of the molecule is CN(C=O)c1ncccc1CCc1ccnc(Nc2ccc3c(c2)CC(=O)N3)n1.